The van der Waals surface area contributed by atoms with Crippen LogP contribution in [0.5, 0.6) is 0 Å². The van der Waals surface area contributed by atoms with Gasteiger partial charge in [0.15, 0.2) is 0 Å². The van der Waals surface area contributed by atoms with Gasteiger partial charge in [-0.15, -0.1) is 0 Å². The van der Waals surface area contributed by atoms with Crippen LogP contribution in [0.4, 0.5) is 0 Å². The predicted octanol–water partition coefficient (Wildman–Crippen LogP) is 6.58. The Labute approximate surface area is 155 Å². The second-order valence-corrected chi connectivity index (χ2v) is 8.05. The molecule has 0 aromatic carbocycles. The maximum absolute atomic E-state index is 11.4. The molecule has 1 aliphatic heterocycles. The third-order valence-corrected chi connectivity index (χ3v) is 5.51. The molecule has 0 bridgehead atoms. The number of hydrogen-bond acceptors (Lipinski definition) is 3. The Bertz CT molecular complexity index is 364. The SMILES string of the molecule is CCCCCCCCCCC(C)CCCCCCC1CC(=O)OC1=O. The van der Waals surface area contributed by atoms with Gasteiger partial charge in [0.25, 0.3) is 0 Å². The van der Waals surface area contributed by atoms with Gasteiger partial charge in [-0.1, -0.05) is 104 Å². The van der Waals surface area contributed by atoms with Crippen LogP contribution in [0.15, 0.2) is 0 Å². The molecule has 0 saturated carbocycles. The molecule has 0 aliphatic carbocycles. The molecule has 0 radical (unpaired) electrons. The summed E-state index contributed by atoms with van der Waals surface area (Å²) in [6.07, 6.45) is 19.8. The fraction of sp³-hybridized carbons (Fsp3) is 0.909. The number of hydrogen-bond donors (Lipinski definition) is 0. The normalized spacial score (nSPS) is 18.6. The summed E-state index contributed by atoms with van der Waals surface area (Å²) < 4.78 is 4.58. The van der Waals surface area contributed by atoms with E-state index in [0.29, 0.717) is 6.42 Å². The monoisotopic (exact) mass is 352 g/mol. The maximum atomic E-state index is 11.4. The third-order valence-electron chi connectivity index (χ3n) is 5.51. The van der Waals surface area contributed by atoms with Crippen molar-refractivity contribution < 1.29 is 14.3 Å². The highest BCUT2D eigenvalue weighted by molar-refractivity contribution is 5.94. The average Bonchev–Trinajstić information content (AvgIpc) is 2.90. The number of unbranched alkanes of at least 4 members (excludes halogenated alkanes) is 10. The quantitative estimate of drug-likeness (QED) is 0.179. The molecule has 0 amide bonds. The fourth-order valence-electron chi connectivity index (χ4n) is 3.75. The first kappa shape index (κ1) is 22.2. The third kappa shape index (κ3) is 11.4. The number of cyclic esters (lactones) is 2. The molecule has 2 unspecified atom stereocenters. The van der Waals surface area contributed by atoms with Crippen LogP contribution in [0.1, 0.15) is 117 Å². The van der Waals surface area contributed by atoms with Crippen LogP contribution in [-0.4, -0.2) is 11.9 Å². The van der Waals surface area contributed by atoms with E-state index in [-0.39, 0.29) is 17.9 Å². The van der Waals surface area contributed by atoms with Gasteiger partial charge in [-0.3, -0.25) is 9.59 Å². The van der Waals surface area contributed by atoms with Gasteiger partial charge >= 0.3 is 11.9 Å². The van der Waals surface area contributed by atoms with Crippen molar-refractivity contribution >= 4 is 11.9 Å². The van der Waals surface area contributed by atoms with Crippen LogP contribution in [0.25, 0.3) is 0 Å². The molecule has 1 rings (SSSR count). The fourth-order valence-corrected chi connectivity index (χ4v) is 3.75. The zero-order valence-corrected chi connectivity index (χ0v) is 16.7. The molecule has 0 spiro atoms. The van der Waals surface area contributed by atoms with E-state index < -0.39 is 0 Å². The highest BCUT2D eigenvalue weighted by Gasteiger charge is 2.32. The van der Waals surface area contributed by atoms with Crippen molar-refractivity contribution in [1.29, 1.82) is 0 Å². The zero-order valence-electron chi connectivity index (χ0n) is 16.7. The molecule has 2 atom stereocenters. The first-order chi connectivity index (χ1) is 12.1. The van der Waals surface area contributed by atoms with E-state index in [4.69, 9.17) is 0 Å². The Morgan fingerprint density at radius 3 is 1.88 bits per heavy atom. The Morgan fingerprint density at radius 2 is 1.36 bits per heavy atom. The van der Waals surface area contributed by atoms with E-state index in [2.05, 4.69) is 18.6 Å². The highest BCUT2D eigenvalue weighted by atomic mass is 16.6. The van der Waals surface area contributed by atoms with Crippen LogP contribution in [0.2, 0.25) is 0 Å². The lowest BCUT2D eigenvalue weighted by atomic mass is 9.95. The largest absolute Gasteiger partial charge is 0.393 e. The van der Waals surface area contributed by atoms with Gasteiger partial charge in [-0.05, 0) is 12.3 Å². The van der Waals surface area contributed by atoms with Gasteiger partial charge in [0.2, 0.25) is 0 Å². The van der Waals surface area contributed by atoms with E-state index in [1.165, 1.54) is 83.5 Å². The summed E-state index contributed by atoms with van der Waals surface area (Å²) in [5, 5.41) is 0. The summed E-state index contributed by atoms with van der Waals surface area (Å²) in [5.41, 5.74) is 0. The number of ether oxygens (including phenoxy) is 1. The molecule has 146 valence electrons. The molecule has 0 aromatic heterocycles. The summed E-state index contributed by atoms with van der Waals surface area (Å²) in [7, 11) is 0. The highest BCUT2D eigenvalue weighted by Crippen LogP contribution is 2.23. The maximum Gasteiger partial charge on any atom is 0.317 e. The van der Waals surface area contributed by atoms with E-state index in [9.17, 15) is 9.59 Å². The molecular weight excluding hydrogens is 312 g/mol. The number of esters is 2. The summed E-state index contributed by atoms with van der Waals surface area (Å²) in [5.74, 6) is 0.0460. The summed E-state index contributed by atoms with van der Waals surface area (Å²) in [6.45, 7) is 4.66. The molecule has 1 aliphatic rings. The lowest BCUT2D eigenvalue weighted by Crippen LogP contribution is -2.07. The van der Waals surface area contributed by atoms with Crippen molar-refractivity contribution in [3.05, 3.63) is 0 Å². The lowest BCUT2D eigenvalue weighted by Gasteiger charge is -2.11. The lowest BCUT2D eigenvalue weighted by molar-refractivity contribution is -0.153. The van der Waals surface area contributed by atoms with Crippen LogP contribution in [0.3, 0.4) is 0 Å². The number of carbonyl (C=O) groups is 2. The van der Waals surface area contributed by atoms with Crippen molar-refractivity contribution in [2.24, 2.45) is 11.8 Å². The molecule has 1 fully saturated rings. The van der Waals surface area contributed by atoms with Gasteiger partial charge in [-0.2, -0.15) is 0 Å². The molecule has 25 heavy (non-hydrogen) atoms. The van der Waals surface area contributed by atoms with Crippen molar-refractivity contribution in [3.63, 3.8) is 0 Å². The van der Waals surface area contributed by atoms with Gasteiger partial charge in [0.1, 0.15) is 0 Å². The molecule has 1 saturated heterocycles. The summed E-state index contributed by atoms with van der Waals surface area (Å²) in [6, 6.07) is 0. The van der Waals surface area contributed by atoms with E-state index in [1.54, 1.807) is 0 Å². The Hall–Kier alpha value is -0.860. The van der Waals surface area contributed by atoms with Crippen molar-refractivity contribution in [3.8, 4) is 0 Å². The minimum absolute atomic E-state index is 0.159. The minimum Gasteiger partial charge on any atom is -0.393 e. The molecule has 1 heterocycles. The number of carbonyl (C=O) groups excluding carboxylic acids is 2. The van der Waals surface area contributed by atoms with Crippen molar-refractivity contribution in [1.82, 2.24) is 0 Å². The topological polar surface area (TPSA) is 43.4 Å². The van der Waals surface area contributed by atoms with Crippen molar-refractivity contribution in [2.75, 3.05) is 0 Å². The van der Waals surface area contributed by atoms with E-state index in [1.807, 2.05) is 0 Å². The van der Waals surface area contributed by atoms with E-state index in [0.717, 1.165) is 18.8 Å². The Morgan fingerprint density at radius 1 is 0.840 bits per heavy atom. The van der Waals surface area contributed by atoms with Crippen LogP contribution in [-0.2, 0) is 14.3 Å². The van der Waals surface area contributed by atoms with Crippen LogP contribution in [0, 0.1) is 11.8 Å². The van der Waals surface area contributed by atoms with Crippen molar-refractivity contribution in [2.45, 2.75) is 117 Å². The standard InChI is InChI=1S/C22H40O3/c1-3-4-5-6-7-8-9-12-15-19(2)16-13-10-11-14-17-20-18-21(23)25-22(20)24/h19-20H,3-18H2,1-2H3. The second-order valence-electron chi connectivity index (χ2n) is 8.05. The summed E-state index contributed by atoms with van der Waals surface area (Å²) in [4.78, 5) is 22.4. The molecular formula is C22H40O3. The summed E-state index contributed by atoms with van der Waals surface area (Å²) >= 11 is 0. The Kier molecular flexibility index (Phi) is 12.7. The average molecular weight is 353 g/mol. The first-order valence-electron chi connectivity index (χ1n) is 10.9. The molecule has 0 N–H and O–H groups in total. The van der Waals surface area contributed by atoms with Gasteiger partial charge in [-0.25, -0.2) is 0 Å². The molecule has 0 aromatic rings. The predicted molar refractivity (Wildman–Crippen MR) is 103 cm³/mol. The van der Waals surface area contributed by atoms with Gasteiger partial charge in [0.05, 0.1) is 12.3 Å². The van der Waals surface area contributed by atoms with E-state index >= 15 is 0 Å². The van der Waals surface area contributed by atoms with Gasteiger partial charge < -0.3 is 4.74 Å². The first-order valence-corrected chi connectivity index (χ1v) is 10.9. The smallest absolute Gasteiger partial charge is 0.317 e. The van der Waals surface area contributed by atoms with Crippen LogP contribution >= 0.6 is 0 Å². The second kappa shape index (κ2) is 14.3. The molecule has 3 nitrogen and oxygen atoms in total. The number of rotatable bonds is 16. The van der Waals surface area contributed by atoms with Gasteiger partial charge in [0, 0.05) is 0 Å². The Balaban J connectivity index is 1.83. The zero-order chi connectivity index (χ0) is 18.3. The van der Waals surface area contributed by atoms with Crippen LogP contribution < -0.4 is 0 Å². The molecule has 3 heteroatoms. The minimum atomic E-state index is -0.343.